The summed E-state index contributed by atoms with van der Waals surface area (Å²) >= 11 is 0. The summed E-state index contributed by atoms with van der Waals surface area (Å²) in [5.74, 6) is -1.60. The maximum absolute atomic E-state index is 12.7. The highest BCUT2D eigenvalue weighted by Crippen LogP contribution is 2.33. The summed E-state index contributed by atoms with van der Waals surface area (Å²) in [5, 5.41) is 9.34. The van der Waals surface area contributed by atoms with E-state index >= 15 is 0 Å². The topological polar surface area (TPSA) is 57.6 Å². The molecule has 0 radical (unpaired) electrons. The van der Waals surface area contributed by atoms with Crippen molar-refractivity contribution in [2.75, 3.05) is 6.54 Å². The van der Waals surface area contributed by atoms with Crippen LogP contribution in [-0.2, 0) is 22.6 Å². The number of aliphatic carboxylic acids is 1. The van der Waals surface area contributed by atoms with Crippen molar-refractivity contribution < 1.29 is 14.7 Å². The van der Waals surface area contributed by atoms with Crippen molar-refractivity contribution in [1.82, 2.24) is 4.90 Å². The van der Waals surface area contributed by atoms with Crippen LogP contribution in [-0.4, -0.2) is 28.4 Å². The van der Waals surface area contributed by atoms with Gasteiger partial charge in [0.05, 0.1) is 11.8 Å². The van der Waals surface area contributed by atoms with Gasteiger partial charge in [-0.25, -0.2) is 0 Å². The van der Waals surface area contributed by atoms with Crippen LogP contribution in [0, 0.1) is 11.8 Å². The van der Waals surface area contributed by atoms with Gasteiger partial charge >= 0.3 is 5.97 Å². The summed E-state index contributed by atoms with van der Waals surface area (Å²) in [6.07, 6.45) is 4.10. The maximum atomic E-state index is 12.7. The van der Waals surface area contributed by atoms with Gasteiger partial charge in [0.25, 0.3) is 0 Å². The number of rotatable bonds is 2. The Balaban J connectivity index is 1.75. The van der Waals surface area contributed by atoms with Crippen molar-refractivity contribution in [2.45, 2.75) is 38.6 Å². The first-order chi connectivity index (χ1) is 10.2. The predicted octanol–water partition coefficient (Wildman–Crippen LogP) is 2.46. The quantitative estimate of drug-likeness (QED) is 0.909. The fourth-order valence-electron chi connectivity index (χ4n) is 3.64. The number of carboxylic acids is 1. The van der Waals surface area contributed by atoms with Crippen LogP contribution in [0.4, 0.5) is 0 Å². The van der Waals surface area contributed by atoms with Gasteiger partial charge in [-0.1, -0.05) is 37.1 Å². The Kier molecular flexibility index (Phi) is 3.95. The normalized spacial score (nSPS) is 25.2. The summed E-state index contributed by atoms with van der Waals surface area (Å²) in [6, 6.07) is 8.19. The van der Waals surface area contributed by atoms with Crippen molar-refractivity contribution >= 4 is 11.9 Å². The molecule has 2 atom stereocenters. The Morgan fingerprint density at radius 2 is 1.71 bits per heavy atom. The van der Waals surface area contributed by atoms with E-state index in [4.69, 9.17) is 0 Å². The zero-order chi connectivity index (χ0) is 14.8. The van der Waals surface area contributed by atoms with Gasteiger partial charge in [0.2, 0.25) is 5.91 Å². The molecule has 0 unspecified atom stereocenters. The molecule has 1 aliphatic carbocycles. The minimum Gasteiger partial charge on any atom is -0.481 e. The molecule has 1 saturated carbocycles. The van der Waals surface area contributed by atoms with E-state index in [1.807, 2.05) is 17.0 Å². The number of nitrogens with zero attached hydrogens (tertiary/aromatic N) is 1. The molecule has 1 heterocycles. The third-order valence-corrected chi connectivity index (χ3v) is 4.84. The monoisotopic (exact) mass is 287 g/mol. The average molecular weight is 287 g/mol. The number of fused-ring (bicyclic) bond motifs is 1. The van der Waals surface area contributed by atoms with E-state index < -0.39 is 11.9 Å². The molecule has 0 spiro atoms. The van der Waals surface area contributed by atoms with Gasteiger partial charge in [0.15, 0.2) is 0 Å². The summed E-state index contributed by atoms with van der Waals surface area (Å²) in [5.41, 5.74) is 2.50. The van der Waals surface area contributed by atoms with Crippen LogP contribution in [0.15, 0.2) is 24.3 Å². The number of carbonyl (C=O) groups excluding carboxylic acids is 1. The Labute approximate surface area is 124 Å². The molecule has 1 N–H and O–H groups in total. The molecule has 3 rings (SSSR count). The lowest BCUT2D eigenvalue weighted by Gasteiger charge is -2.35. The van der Waals surface area contributed by atoms with Crippen LogP contribution in [0.25, 0.3) is 0 Å². The Morgan fingerprint density at radius 3 is 2.43 bits per heavy atom. The molecule has 4 heteroatoms. The molecule has 0 saturated heterocycles. The van der Waals surface area contributed by atoms with E-state index in [-0.39, 0.29) is 11.8 Å². The molecule has 2 aliphatic rings. The Hall–Kier alpha value is -1.84. The van der Waals surface area contributed by atoms with Crippen LogP contribution in [0.1, 0.15) is 36.8 Å². The van der Waals surface area contributed by atoms with E-state index in [1.54, 1.807) is 0 Å². The molecule has 1 aromatic rings. The molecule has 0 aromatic heterocycles. The number of benzene rings is 1. The molecular formula is C17H21NO3. The van der Waals surface area contributed by atoms with Gasteiger partial charge in [-0.3, -0.25) is 9.59 Å². The zero-order valence-corrected chi connectivity index (χ0v) is 12.1. The molecule has 1 aliphatic heterocycles. The average Bonchev–Trinajstić information content (AvgIpc) is 2.53. The van der Waals surface area contributed by atoms with E-state index in [0.717, 1.165) is 19.3 Å². The summed E-state index contributed by atoms with van der Waals surface area (Å²) in [7, 11) is 0. The highest BCUT2D eigenvalue weighted by Gasteiger charge is 2.38. The lowest BCUT2D eigenvalue weighted by molar-refractivity contribution is -0.152. The molecule has 1 fully saturated rings. The van der Waals surface area contributed by atoms with Crippen LogP contribution >= 0.6 is 0 Å². The standard InChI is InChI=1S/C17H21NO3/c19-16(14-7-3-4-8-15(14)17(20)21)18-10-9-12-5-1-2-6-13(12)11-18/h1-2,5-6,14-15H,3-4,7-11H2,(H,20,21)/t14-,15-/m0/s1. The van der Waals surface area contributed by atoms with Gasteiger partial charge in [0.1, 0.15) is 0 Å². The summed E-state index contributed by atoms with van der Waals surface area (Å²) < 4.78 is 0. The van der Waals surface area contributed by atoms with Crippen molar-refractivity contribution in [3.63, 3.8) is 0 Å². The molecular weight excluding hydrogens is 266 g/mol. The van der Waals surface area contributed by atoms with Gasteiger partial charge in [-0.2, -0.15) is 0 Å². The highest BCUT2D eigenvalue weighted by molar-refractivity contribution is 5.85. The largest absolute Gasteiger partial charge is 0.481 e. The summed E-state index contributed by atoms with van der Waals surface area (Å²) in [4.78, 5) is 26.0. The number of hydrogen-bond donors (Lipinski definition) is 1. The number of carbonyl (C=O) groups is 2. The lowest BCUT2D eigenvalue weighted by Crippen LogP contribution is -2.44. The Bertz CT molecular complexity index is 555. The minimum absolute atomic E-state index is 0.0385. The van der Waals surface area contributed by atoms with Crippen molar-refractivity contribution in [3.8, 4) is 0 Å². The van der Waals surface area contributed by atoms with E-state index in [2.05, 4.69) is 12.1 Å². The zero-order valence-electron chi connectivity index (χ0n) is 12.1. The van der Waals surface area contributed by atoms with E-state index in [9.17, 15) is 14.7 Å². The van der Waals surface area contributed by atoms with Gasteiger partial charge in [-0.05, 0) is 30.4 Å². The molecule has 112 valence electrons. The number of carboxylic acid groups (broad SMARTS) is 1. The number of hydrogen-bond acceptors (Lipinski definition) is 2. The maximum Gasteiger partial charge on any atom is 0.307 e. The third kappa shape index (κ3) is 2.80. The molecule has 4 nitrogen and oxygen atoms in total. The number of amides is 1. The molecule has 1 amide bonds. The first-order valence-corrected chi connectivity index (χ1v) is 7.75. The van der Waals surface area contributed by atoms with Crippen molar-refractivity contribution in [3.05, 3.63) is 35.4 Å². The van der Waals surface area contributed by atoms with Crippen LogP contribution in [0.5, 0.6) is 0 Å². The SMILES string of the molecule is O=C(O)[C@H]1CCCC[C@@H]1C(=O)N1CCc2ccccc2C1. The third-order valence-electron chi connectivity index (χ3n) is 4.84. The van der Waals surface area contributed by atoms with Gasteiger partial charge in [-0.15, -0.1) is 0 Å². The van der Waals surface area contributed by atoms with Crippen LogP contribution in [0.2, 0.25) is 0 Å². The van der Waals surface area contributed by atoms with Crippen LogP contribution < -0.4 is 0 Å². The van der Waals surface area contributed by atoms with Crippen molar-refractivity contribution in [1.29, 1.82) is 0 Å². The smallest absolute Gasteiger partial charge is 0.307 e. The predicted molar refractivity (Wildman–Crippen MR) is 78.6 cm³/mol. The second-order valence-electron chi connectivity index (χ2n) is 6.11. The van der Waals surface area contributed by atoms with Gasteiger partial charge < -0.3 is 10.0 Å². The minimum atomic E-state index is -0.814. The Morgan fingerprint density at radius 1 is 1.05 bits per heavy atom. The van der Waals surface area contributed by atoms with Crippen molar-refractivity contribution in [2.24, 2.45) is 11.8 Å². The molecule has 1 aromatic carbocycles. The van der Waals surface area contributed by atoms with Crippen LogP contribution in [0.3, 0.4) is 0 Å². The van der Waals surface area contributed by atoms with Gasteiger partial charge in [0, 0.05) is 13.1 Å². The highest BCUT2D eigenvalue weighted by atomic mass is 16.4. The fraction of sp³-hybridized carbons (Fsp3) is 0.529. The second kappa shape index (κ2) is 5.88. The van der Waals surface area contributed by atoms with E-state index in [0.29, 0.717) is 25.9 Å². The van der Waals surface area contributed by atoms with E-state index in [1.165, 1.54) is 11.1 Å². The first kappa shape index (κ1) is 14.1. The molecule has 0 bridgehead atoms. The molecule has 21 heavy (non-hydrogen) atoms. The fourth-order valence-corrected chi connectivity index (χ4v) is 3.64. The second-order valence-corrected chi connectivity index (χ2v) is 6.11. The lowest BCUT2D eigenvalue weighted by atomic mass is 9.78. The summed E-state index contributed by atoms with van der Waals surface area (Å²) in [6.45, 7) is 1.33. The first-order valence-electron chi connectivity index (χ1n) is 7.75.